The Bertz CT molecular complexity index is 467. The summed E-state index contributed by atoms with van der Waals surface area (Å²) in [5.74, 6) is 0.162. The maximum absolute atomic E-state index is 12.3. The predicted molar refractivity (Wildman–Crippen MR) is 88.6 cm³/mol. The molecular formula is C13H18Br2N2O2S. The van der Waals surface area contributed by atoms with Crippen LogP contribution in [0.15, 0.2) is 13.6 Å². The second-order valence-corrected chi connectivity index (χ2v) is 8.61. The van der Waals surface area contributed by atoms with E-state index in [0.29, 0.717) is 6.54 Å². The van der Waals surface area contributed by atoms with Crippen LogP contribution in [0.5, 0.6) is 0 Å². The molecule has 0 atom stereocenters. The zero-order valence-electron chi connectivity index (χ0n) is 11.1. The zero-order valence-corrected chi connectivity index (χ0v) is 15.1. The van der Waals surface area contributed by atoms with Crippen molar-refractivity contribution in [1.82, 2.24) is 9.80 Å². The molecule has 1 fully saturated rings. The van der Waals surface area contributed by atoms with Crippen molar-refractivity contribution >= 4 is 49.0 Å². The molecular weight excluding hydrogens is 408 g/mol. The van der Waals surface area contributed by atoms with Crippen LogP contribution in [-0.4, -0.2) is 66.6 Å². The van der Waals surface area contributed by atoms with E-state index in [2.05, 4.69) is 41.7 Å². The summed E-state index contributed by atoms with van der Waals surface area (Å²) in [6.07, 6.45) is 1.04. The second kappa shape index (κ2) is 8.00. The van der Waals surface area contributed by atoms with E-state index in [1.54, 1.807) is 0 Å². The summed E-state index contributed by atoms with van der Waals surface area (Å²) >= 11 is 8.38. The van der Waals surface area contributed by atoms with Crippen molar-refractivity contribution in [3.05, 3.63) is 19.2 Å². The Morgan fingerprint density at radius 1 is 1.25 bits per heavy atom. The number of aliphatic hydroxyl groups is 1. The van der Waals surface area contributed by atoms with Crippen LogP contribution >= 0.6 is 43.2 Å². The average molecular weight is 426 g/mol. The summed E-state index contributed by atoms with van der Waals surface area (Å²) in [5.41, 5.74) is 0.762. The molecule has 0 aliphatic carbocycles. The van der Waals surface area contributed by atoms with Crippen LogP contribution in [-0.2, 0) is 0 Å². The maximum atomic E-state index is 12.3. The lowest BCUT2D eigenvalue weighted by Gasteiger charge is -2.20. The lowest BCUT2D eigenvalue weighted by atomic mass is 10.2. The molecule has 20 heavy (non-hydrogen) atoms. The van der Waals surface area contributed by atoms with E-state index >= 15 is 0 Å². The van der Waals surface area contributed by atoms with Gasteiger partial charge in [-0.15, -0.1) is 11.3 Å². The fraction of sp³-hybridized carbons (Fsp3) is 0.615. The second-order valence-electron chi connectivity index (χ2n) is 4.86. The van der Waals surface area contributed by atoms with Gasteiger partial charge in [0.25, 0.3) is 0 Å². The molecule has 1 aromatic rings. The molecule has 0 amide bonds. The third kappa shape index (κ3) is 4.61. The summed E-state index contributed by atoms with van der Waals surface area (Å²) in [4.78, 5) is 16.8. The highest BCUT2D eigenvalue weighted by molar-refractivity contribution is 9.12. The number of hydrogen-bond acceptors (Lipinski definition) is 5. The first-order valence-electron chi connectivity index (χ1n) is 6.63. The minimum atomic E-state index is 0.162. The molecule has 1 aliphatic rings. The van der Waals surface area contributed by atoms with Crippen molar-refractivity contribution in [2.24, 2.45) is 0 Å². The van der Waals surface area contributed by atoms with E-state index < -0.39 is 0 Å². The van der Waals surface area contributed by atoms with Gasteiger partial charge in [-0.3, -0.25) is 14.6 Å². The largest absolute Gasteiger partial charge is 0.395 e. The molecule has 2 heterocycles. The van der Waals surface area contributed by atoms with E-state index in [-0.39, 0.29) is 12.4 Å². The minimum Gasteiger partial charge on any atom is -0.395 e. The first-order chi connectivity index (χ1) is 9.60. The SMILES string of the molecule is O=C(CN1CCCN(CCO)CC1)c1cc(Br)sc1Br. The Balaban J connectivity index is 1.90. The normalized spacial score (nSPS) is 18.1. The van der Waals surface area contributed by atoms with Gasteiger partial charge in [0.2, 0.25) is 0 Å². The molecule has 0 spiro atoms. The quantitative estimate of drug-likeness (QED) is 0.736. The van der Waals surface area contributed by atoms with Crippen molar-refractivity contribution in [2.45, 2.75) is 6.42 Å². The van der Waals surface area contributed by atoms with Crippen molar-refractivity contribution in [3.8, 4) is 0 Å². The number of hydrogen-bond donors (Lipinski definition) is 1. The van der Waals surface area contributed by atoms with Crippen molar-refractivity contribution in [2.75, 3.05) is 45.9 Å². The predicted octanol–water partition coefficient (Wildman–Crippen LogP) is 2.46. The van der Waals surface area contributed by atoms with Crippen LogP contribution < -0.4 is 0 Å². The fourth-order valence-electron chi connectivity index (χ4n) is 2.37. The van der Waals surface area contributed by atoms with Gasteiger partial charge in [0.1, 0.15) is 0 Å². The number of carbonyl (C=O) groups is 1. The molecule has 0 radical (unpaired) electrons. The Morgan fingerprint density at radius 3 is 2.60 bits per heavy atom. The van der Waals surface area contributed by atoms with Gasteiger partial charge in [-0.25, -0.2) is 0 Å². The first kappa shape index (κ1) is 16.6. The summed E-state index contributed by atoms with van der Waals surface area (Å²) < 4.78 is 1.86. The summed E-state index contributed by atoms with van der Waals surface area (Å²) in [6.45, 7) is 5.14. The number of carbonyl (C=O) groups excluding carboxylic acids is 1. The van der Waals surface area contributed by atoms with Gasteiger partial charge in [-0.2, -0.15) is 0 Å². The molecule has 1 aliphatic heterocycles. The Labute approximate surface area is 140 Å². The minimum absolute atomic E-state index is 0.162. The van der Waals surface area contributed by atoms with Gasteiger partial charge < -0.3 is 5.11 Å². The van der Waals surface area contributed by atoms with E-state index in [0.717, 1.165) is 52.3 Å². The molecule has 1 aromatic heterocycles. The lowest BCUT2D eigenvalue weighted by molar-refractivity contribution is 0.0931. The number of nitrogens with zero attached hydrogens (tertiary/aromatic N) is 2. The van der Waals surface area contributed by atoms with E-state index in [4.69, 9.17) is 5.11 Å². The lowest BCUT2D eigenvalue weighted by Crippen LogP contribution is -2.35. The molecule has 1 N–H and O–H groups in total. The molecule has 7 heteroatoms. The molecule has 0 aromatic carbocycles. The van der Waals surface area contributed by atoms with Crippen LogP contribution in [0.3, 0.4) is 0 Å². The van der Waals surface area contributed by atoms with Gasteiger partial charge in [-0.05, 0) is 57.4 Å². The molecule has 0 unspecified atom stereocenters. The number of β-amino-alcohol motifs (C(OH)–C–C–N with tert-alkyl or cyclic N) is 1. The van der Waals surface area contributed by atoms with Crippen LogP contribution in [0.2, 0.25) is 0 Å². The van der Waals surface area contributed by atoms with Crippen LogP contribution in [0.4, 0.5) is 0 Å². The molecule has 112 valence electrons. The summed E-state index contributed by atoms with van der Waals surface area (Å²) in [5, 5.41) is 8.99. The number of Topliss-reactive ketones (excluding diaryl/α,β-unsaturated/α-hetero) is 1. The highest BCUT2D eigenvalue weighted by Gasteiger charge is 2.19. The third-order valence-electron chi connectivity index (χ3n) is 3.42. The summed E-state index contributed by atoms with van der Waals surface area (Å²) in [7, 11) is 0. The topological polar surface area (TPSA) is 43.8 Å². The van der Waals surface area contributed by atoms with Gasteiger partial charge in [0, 0.05) is 25.2 Å². The number of aliphatic hydroxyl groups excluding tert-OH is 1. The number of halogens is 2. The Kier molecular flexibility index (Phi) is 6.64. The maximum Gasteiger partial charge on any atom is 0.178 e. The highest BCUT2D eigenvalue weighted by atomic mass is 79.9. The Morgan fingerprint density at radius 2 is 1.95 bits per heavy atom. The smallest absolute Gasteiger partial charge is 0.178 e. The van der Waals surface area contributed by atoms with Gasteiger partial charge >= 0.3 is 0 Å². The van der Waals surface area contributed by atoms with E-state index in [1.807, 2.05) is 6.07 Å². The highest BCUT2D eigenvalue weighted by Crippen LogP contribution is 2.32. The van der Waals surface area contributed by atoms with Crippen molar-refractivity contribution < 1.29 is 9.90 Å². The standard InChI is InChI=1S/C13H18Br2N2O2S/c14-12-8-10(13(15)20-12)11(19)9-17-3-1-2-16(4-5-17)6-7-18/h8,18H,1-7,9H2. The average Bonchev–Trinajstić information content (AvgIpc) is 2.60. The molecule has 0 bridgehead atoms. The number of thiophene rings is 1. The van der Waals surface area contributed by atoms with Crippen LogP contribution in [0, 0.1) is 0 Å². The van der Waals surface area contributed by atoms with Crippen molar-refractivity contribution in [3.63, 3.8) is 0 Å². The van der Waals surface area contributed by atoms with Crippen molar-refractivity contribution in [1.29, 1.82) is 0 Å². The van der Waals surface area contributed by atoms with E-state index in [1.165, 1.54) is 11.3 Å². The van der Waals surface area contributed by atoms with Gasteiger partial charge in [0.05, 0.1) is 20.7 Å². The number of rotatable bonds is 5. The molecule has 2 rings (SSSR count). The number of ketones is 1. The molecule has 0 saturated carbocycles. The fourth-order valence-corrected chi connectivity index (χ4v) is 5.22. The van der Waals surface area contributed by atoms with Gasteiger partial charge in [0.15, 0.2) is 5.78 Å². The first-order valence-corrected chi connectivity index (χ1v) is 9.04. The van der Waals surface area contributed by atoms with E-state index in [9.17, 15) is 4.79 Å². The monoisotopic (exact) mass is 424 g/mol. The Hall–Kier alpha value is 0.210. The van der Waals surface area contributed by atoms with Gasteiger partial charge in [-0.1, -0.05) is 0 Å². The van der Waals surface area contributed by atoms with Crippen LogP contribution in [0.25, 0.3) is 0 Å². The molecule has 1 saturated heterocycles. The summed E-state index contributed by atoms with van der Waals surface area (Å²) in [6, 6.07) is 1.88. The third-order valence-corrected chi connectivity index (χ3v) is 5.76. The van der Waals surface area contributed by atoms with Crippen LogP contribution in [0.1, 0.15) is 16.8 Å². The molecule has 4 nitrogen and oxygen atoms in total. The zero-order chi connectivity index (χ0) is 14.5.